The summed E-state index contributed by atoms with van der Waals surface area (Å²) in [6.07, 6.45) is -4.58. The molecule has 28 heavy (non-hydrogen) atoms. The topological polar surface area (TPSA) is 111 Å². The maximum absolute atomic E-state index is 12.3. The van der Waals surface area contributed by atoms with Crippen LogP contribution in [-0.2, 0) is 20.9 Å². The van der Waals surface area contributed by atoms with Crippen molar-refractivity contribution >= 4 is 17.7 Å². The lowest BCUT2D eigenvalue weighted by Gasteiger charge is -2.18. The van der Waals surface area contributed by atoms with Gasteiger partial charge in [-0.05, 0) is 23.6 Å². The van der Waals surface area contributed by atoms with Crippen LogP contribution in [0.4, 0.5) is 13.2 Å². The van der Waals surface area contributed by atoms with Crippen molar-refractivity contribution in [3.63, 3.8) is 0 Å². The van der Waals surface area contributed by atoms with Crippen LogP contribution in [0.1, 0.15) is 32.3 Å². The van der Waals surface area contributed by atoms with Crippen LogP contribution in [0.25, 0.3) is 0 Å². The third-order valence-electron chi connectivity index (χ3n) is 3.44. The Balaban J connectivity index is 2.60. The molecule has 10 heteroatoms. The van der Waals surface area contributed by atoms with E-state index in [0.717, 1.165) is 0 Å². The van der Waals surface area contributed by atoms with Gasteiger partial charge in [-0.2, -0.15) is 13.2 Å². The molecule has 156 valence electrons. The molecule has 1 aromatic rings. The third-order valence-corrected chi connectivity index (χ3v) is 3.44. The number of carbonyl (C=O) groups is 3. The molecule has 0 aliphatic rings. The number of ether oxygens (including phenoxy) is 1. The van der Waals surface area contributed by atoms with Crippen molar-refractivity contribution in [3.05, 3.63) is 29.8 Å². The lowest BCUT2D eigenvalue weighted by Crippen LogP contribution is -2.48. The van der Waals surface area contributed by atoms with Crippen molar-refractivity contribution in [2.75, 3.05) is 6.61 Å². The molecule has 1 atom stereocenters. The number of amides is 3. The first-order chi connectivity index (χ1) is 13.0. The fraction of sp³-hybridized carbons (Fsp3) is 0.500. The van der Waals surface area contributed by atoms with Crippen molar-refractivity contribution in [2.24, 2.45) is 11.7 Å². The summed E-state index contributed by atoms with van der Waals surface area (Å²) >= 11 is 0. The number of nitrogens with two attached hydrogens (primary N) is 1. The van der Waals surface area contributed by atoms with E-state index in [0.29, 0.717) is 5.56 Å². The minimum Gasteiger partial charge on any atom is -0.484 e. The molecule has 1 aromatic carbocycles. The van der Waals surface area contributed by atoms with Gasteiger partial charge in [0.1, 0.15) is 11.8 Å². The predicted molar refractivity (Wildman–Crippen MR) is 95.0 cm³/mol. The summed E-state index contributed by atoms with van der Waals surface area (Å²) < 4.78 is 41.0. The first-order valence-electron chi connectivity index (χ1n) is 8.60. The molecule has 0 radical (unpaired) electrons. The van der Waals surface area contributed by atoms with E-state index in [1.165, 1.54) is 24.3 Å². The average Bonchev–Trinajstić information content (AvgIpc) is 2.56. The van der Waals surface area contributed by atoms with Crippen LogP contribution < -0.4 is 21.1 Å². The molecule has 1 rings (SSSR count). The Hall–Kier alpha value is -2.78. The molecular formula is C18H24F3N3O4. The van der Waals surface area contributed by atoms with Crippen LogP contribution in [0.2, 0.25) is 0 Å². The first-order valence-corrected chi connectivity index (χ1v) is 8.60. The predicted octanol–water partition coefficient (Wildman–Crippen LogP) is 1.65. The number of rotatable bonds is 10. The van der Waals surface area contributed by atoms with Gasteiger partial charge in [-0.1, -0.05) is 26.0 Å². The zero-order valence-electron chi connectivity index (χ0n) is 15.6. The smallest absolute Gasteiger partial charge is 0.422 e. The molecule has 0 unspecified atom stereocenters. The Labute approximate surface area is 160 Å². The van der Waals surface area contributed by atoms with E-state index in [4.69, 9.17) is 5.73 Å². The molecule has 0 aliphatic heterocycles. The number of hydrogen-bond acceptors (Lipinski definition) is 4. The molecule has 0 bridgehead atoms. The number of alkyl halides is 3. The van der Waals surface area contributed by atoms with Crippen molar-refractivity contribution < 1.29 is 32.3 Å². The van der Waals surface area contributed by atoms with Crippen LogP contribution >= 0.6 is 0 Å². The van der Waals surface area contributed by atoms with E-state index >= 15 is 0 Å². The third kappa shape index (κ3) is 9.79. The van der Waals surface area contributed by atoms with E-state index in [2.05, 4.69) is 15.4 Å². The van der Waals surface area contributed by atoms with Gasteiger partial charge in [0.2, 0.25) is 17.7 Å². The molecular weight excluding hydrogens is 379 g/mol. The minimum atomic E-state index is -4.43. The summed E-state index contributed by atoms with van der Waals surface area (Å²) in [6.45, 7) is 2.33. The van der Waals surface area contributed by atoms with Crippen LogP contribution in [0.15, 0.2) is 24.3 Å². The lowest BCUT2D eigenvalue weighted by atomic mass is 10.1. The van der Waals surface area contributed by atoms with Gasteiger partial charge in [-0.3, -0.25) is 14.4 Å². The summed E-state index contributed by atoms with van der Waals surface area (Å²) in [6, 6.07) is 4.58. The molecule has 7 nitrogen and oxygen atoms in total. The summed E-state index contributed by atoms with van der Waals surface area (Å²) in [5.41, 5.74) is 5.72. The van der Waals surface area contributed by atoms with Gasteiger partial charge >= 0.3 is 6.18 Å². The standard InChI is InChI=1S/C18H24F3N3O4/c1-11(2)7-16(26)24-14(8-15(22)25)17(27)23-9-12-3-5-13(6-4-12)28-10-18(19,20)21/h3-6,11,14H,7-10H2,1-2H3,(H2,22,25)(H,23,27)(H,24,26)/t14-/m0/s1. The first kappa shape index (κ1) is 23.3. The van der Waals surface area contributed by atoms with Gasteiger partial charge in [-0.25, -0.2) is 0 Å². The molecule has 0 saturated carbocycles. The van der Waals surface area contributed by atoms with Gasteiger partial charge in [0.05, 0.1) is 6.42 Å². The summed E-state index contributed by atoms with van der Waals surface area (Å²) in [5.74, 6) is -1.58. The number of nitrogens with one attached hydrogen (secondary N) is 2. The molecule has 0 fully saturated rings. The maximum Gasteiger partial charge on any atom is 0.422 e. The van der Waals surface area contributed by atoms with Crippen LogP contribution in [0.3, 0.4) is 0 Å². The quantitative estimate of drug-likeness (QED) is 0.552. The fourth-order valence-corrected chi connectivity index (χ4v) is 2.22. The van der Waals surface area contributed by atoms with Crippen molar-refractivity contribution in [1.82, 2.24) is 10.6 Å². The average molecular weight is 403 g/mol. The molecule has 0 spiro atoms. The van der Waals surface area contributed by atoms with Crippen LogP contribution in [-0.4, -0.2) is 36.5 Å². The Kier molecular flexibility index (Phi) is 8.75. The van der Waals surface area contributed by atoms with E-state index in [9.17, 15) is 27.6 Å². The van der Waals surface area contributed by atoms with E-state index in [1.54, 1.807) is 0 Å². The molecule has 0 aliphatic carbocycles. The second kappa shape index (κ2) is 10.5. The fourth-order valence-electron chi connectivity index (χ4n) is 2.22. The van der Waals surface area contributed by atoms with Crippen molar-refractivity contribution in [1.29, 1.82) is 0 Å². The summed E-state index contributed by atoms with van der Waals surface area (Å²) in [7, 11) is 0. The number of primary amides is 1. The highest BCUT2D eigenvalue weighted by Crippen LogP contribution is 2.18. The van der Waals surface area contributed by atoms with Gasteiger partial charge < -0.3 is 21.1 Å². The minimum absolute atomic E-state index is 0.0416. The maximum atomic E-state index is 12.3. The Morgan fingerprint density at radius 3 is 2.21 bits per heavy atom. The largest absolute Gasteiger partial charge is 0.484 e. The molecule has 3 amide bonds. The highest BCUT2D eigenvalue weighted by Gasteiger charge is 2.28. The van der Waals surface area contributed by atoms with E-state index < -0.39 is 30.6 Å². The highest BCUT2D eigenvalue weighted by atomic mass is 19.4. The second-order valence-electron chi connectivity index (χ2n) is 6.65. The van der Waals surface area contributed by atoms with Gasteiger partial charge in [-0.15, -0.1) is 0 Å². The summed E-state index contributed by atoms with van der Waals surface area (Å²) in [4.78, 5) is 35.3. The van der Waals surface area contributed by atoms with Crippen molar-refractivity contribution in [3.8, 4) is 5.75 Å². The zero-order chi connectivity index (χ0) is 21.3. The number of halogens is 3. The highest BCUT2D eigenvalue weighted by molar-refractivity contribution is 5.91. The monoisotopic (exact) mass is 403 g/mol. The number of benzene rings is 1. The lowest BCUT2D eigenvalue weighted by molar-refractivity contribution is -0.153. The Morgan fingerprint density at radius 2 is 1.71 bits per heavy atom. The Bertz CT molecular complexity index is 676. The normalized spacial score (nSPS) is 12.4. The molecule has 4 N–H and O–H groups in total. The van der Waals surface area contributed by atoms with Crippen LogP contribution in [0.5, 0.6) is 5.75 Å². The second-order valence-corrected chi connectivity index (χ2v) is 6.65. The summed E-state index contributed by atoms with van der Waals surface area (Å²) in [5, 5.41) is 5.03. The molecule has 0 heterocycles. The van der Waals surface area contributed by atoms with Gasteiger partial charge in [0, 0.05) is 13.0 Å². The van der Waals surface area contributed by atoms with Crippen molar-refractivity contribution in [2.45, 2.75) is 45.5 Å². The van der Waals surface area contributed by atoms with Gasteiger partial charge in [0.15, 0.2) is 6.61 Å². The SMILES string of the molecule is CC(C)CC(=O)N[C@@H](CC(N)=O)C(=O)NCc1ccc(OCC(F)(F)F)cc1. The van der Waals surface area contributed by atoms with E-state index in [1.807, 2.05) is 13.8 Å². The van der Waals surface area contributed by atoms with Crippen LogP contribution in [0, 0.1) is 5.92 Å². The Morgan fingerprint density at radius 1 is 1.11 bits per heavy atom. The zero-order valence-corrected chi connectivity index (χ0v) is 15.6. The molecule has 0 saturated heterocycles. The van der Waals surface area contributed by atoms with E-state index in [-0.39, 0.29) is 37.0 Å². The number of carbonyl (C=O) groups excluding carboxylic acids is 3. The number of hydrogen-bond donors (Lipinski definition) is 3. The van der Waals surface area contributed by atoms with Gasteiger partial charge in [0.25, 0.3) is 0 Å². The molecule has 0 aromatic heterocycles.